The fraction of sp³-hybridized carbons (Fsp3) is 0.600. The van der Waals surface area contributed by atoms with Gasteiger partial charge in [-0.25, -0.2) is 0 Å². The van der Waals surface area contributed by atoms with E-state index < -0.39 is 11.8 Å². The van der Waals surface area contributed by atoms with Gasteiger partial charge in [-0.05, 0) is 42.9 Å². The first kappa shape index (κ1) is 20.2. The molecule has 0 radical (unpaired) electrons. The van der Waals surface area contributed by atoms with Crippen LogP contribution in [0.2, 0.25) is 0 Å². The molecule has 0 aliphatic carbocycles. The van der Waals surface area contributed by atoms with Gasteiger partial charge in [0.2, 0.25) is 0 Å². The van der Waals surface area contributed by atoms with Crippen LogP contribution in [0.5, 0.6) is 0 Å². The molecule has 1 aromatic rings. The van der Waals surface area contributed by atoms with Gasteiger partial charge in [0.1, 0.15) is 0 Å². The molecule has 2 amide bonds. The second-order valence-electron chi connectivity index (χ2n) is 6.38. The normalized spacial score (nSPS) is 11.8. The summed E-state index contributed by atoms with van der Waals surface area (Å²) < 4.78 is 0. The molecule has 4 nitrogen and oxygen atoms in total. The molecule has 0 spiro atoms. The average molecular weight is 332 g/mol. The molecule has 0 saturated carbocycles. The molecule has 24 heavy (non-hydrogen) atoms. The minimum atomic E-state index is -0.596. The van der Waals surface area contributed by atoms with Crippen LogP contribution in [-0.2, 0) is 16.0 Å². The summed E-state index contributed by atoms with van der Waals surface area (Å²) in [4.78, 5) is 23.9. The predicted octanol–water partition coefficient (Wildman–Crippen LogP) is 4.30. The number of hydrogen-bond donors (Lipinski definition) is 2. The summed E-state index contributed by atoms with van der Waals surface area (Å²) in [6, 6.07) is 7.71. The van der Waals surface area contributed by atoms with Gasteiger partial charge in [-0.1, -0.05) is 58.6 Å². The van der Waals surface area contributed by atoms with Gasteiger partial charge in [-0.15, -0.1) is 0 Å². The smallest absolute Gasteiger partial charge is 0.313 e. The molecule has 0 aliphatic heterocycles. The number of unbranched alkanes of at least 4 members (excludes halogenated alkanes) is 2. The van der Waals surface area contributed by atoms with Crippen LogP contribution in [0.25, 0.3) is 0 Å². The van der Waals surface area contributed by atoms with Gasteiger partial charge in [0.15, 0.2) is 0 Å². The van der Waals surface area contributed by atoms with Crippen molar-refractivity contribution in [3.8, 4) is 0 Å². The summed E-state index contributed by atoms with van der Waals surface area (Å²) in [7, 11) is 0. The van der Waals surface area contributed by atoms with E-state index in [0.29, 0.717) is 18.2 Å². The van der Waals surface area contributed by atoms with Crippen molar-refractivity contribution in [2.45, 2.75) is 65.7 Å². The van der Waals surface area contributed by atoms with Crippen molar-refractivity contribution in [1.29, 1.82) is 0 Å². The number of nitrogens with one attached hydrogen (secondary N) is 2. The summed E-state index contributed by atoms with van der Waals surface area (Å²) in [5.74, 6) is -0.707. The Labute approximate surface area is 146 Å². The maximum absolute atomic E-state index is 12.0. The van der Waals surface area contributed by atoms with Gasteiger partial charge in [-0.2, -0.15) is 0 Å². The van der Waals surface area contributed by atoms with Crippen LogP contribution in [0.15, 0.2) is 24.3 Å². The zero-order valence-corrected chi connectivity index (χ0v) is 15.4. The number of carbonyl (C=O) groups is 2. The quantitative estimate of drug-likeness (QED) is 0.628. The van der Waals surface area contributed by atoms with Crippen LogP contribution in [0.4, 0.5) is 5.69 Å². The number of hydrogen-bond acceptors (Lipinski definition) is 2. The molecule has 1 atom stereocenters. The summed E-state index contributed by atoms with van der Waals surface area (Å²) in [5, 5.41) is 5.41. The van der Waals surface area contributed by atoms with E-state index in [1.165, 1.54) is 5.56 Å². The number of rotatable bonds is 10. The van der Waals surface area contributed by atoms with Crippen LogP contribution in [-0.4, -0.2) is 18.4 Å². The molecular weight excluding hydrogens is 300 g/mol. The maximum atomic E-state index is 12.0. The van der Waals surface area contributed by atoms with Gasteiger partial charge in [0.25, 0.3) is 0 Å². The van der Waals surface area contributed by atoms with Crippen LogP contribution in [0.1, 0.15) is 64.9 Å². The Morgan fingerprint density at radius 1 is 0.958 bits per heavy atom. The minimum absolute atomic E-state index is 0.444. The first-order chi connectivity index (χ1) is 11.6. The monoisotopic (exact) mass is 332 g/mol. The van der Waals surface area contributed by atoms with Crippen molar-refractivity contribution in [2.24, 2.45) is 5.92 Å². The second-order valence-corrected chi connectivity index (χ2v) is 6.38. The van der Waals surface area contributed by atoms with Gasteiger partial charge in [0, 0.05) is 12.2 Å². The Kier molecular flexibility index (Phi) is 9.81. The molecule has 0 fully saturated rings. The molecule has 2 N–H and O–H groups in total. The van der Waals surface area contributed by atoms with Crippen LogP contribution >= 0.6 is 0 Å². The molecule has 0 aromatic heterocycles. The summed E-state index contributed by atoms with van der Waals surface area (Å²) in [6.07, 6.45) is 7.78. The lowest BCUT2D eigenvalue weighted by Gasteiger charge is -2.15. The average Bonchev–Trinajstić information content (AvgIpc) is 2.61. The van der Waals surface area contributed by atoms with E-state index in [9.17, 15) is 9.59 Å². The molecule has 0 bridgehead atoms. The van der Waals surface area contributed by atoms with E-state index in [2.05, 4.69) is 31.4 Å². The lowest BCUT2D eigenvalue weighted by molar-refractivity contribution is -0.136. The third-order valence-corrected chi connectivity index (χ3v) is 4.33. The van der Waals surface area contributed by atoms with Crippen LogP contribution < -0.4 is 10.6 Å². The van der Waals surface area contributed by atoms with Crippen LogP contribution in [0, 0.1) is 5.92 Å². The SMILES string of the molecule is CCCCc1ccc(NC(=O)C(=O)NC[C@H](CC)CCCC)cc1. The van der Waals surface area contributed by atoms with Gasteiger partial charge in [-0.3, -0.25) is 9.59 Å². The molecular formula is C20H32N2O2. The highest BCUT2D eigenvalue weighted by Crippen LogP contribution is 2.13. The van der Waals surface area contributed by atoms with Gasteiger partial charge >= 0.3 is 11.8 Å². The highest BCUT2D eigenvalue weighted by molar-refractivity contribution is 6.39. The Bertz CT molecular complexity index is 497. The number of benzene rings is 1. The van der Waals surface area contributed by atoms with Crippen molar-refractivity contribution in [1.82, 2.24) is 5.32 Å². The largest absolute Gasteiger partial charge is 0.348 e. The molecule has 0 heterocycles. The third kappa shape index (κ3) is 7.62. The van der Waals surface area contributed by atoms with E-state index in [1.807, 2.05) is 24.3 Å². The standard InChI is InChI=1S/C20H32N2O2/c1-4-7-9-16(6-3)15-21-19(23)20(24)22-18-13-11-17(12-14-18)10-8-5-2/h11-14,16H,4-10,15H2,1-3H3,(H,21,23)(H,22,24)/t16-/m1/s1. The summed E-state index contributed by atoms with van der Waals surface area (Å²) in [6.45, 7) is 7.01. The molecule has 0 aliphatic rings. The first-order valence-electron chi connectivity index (χ1n) is 9.28. The van der Waals surface area contributed by atoms with Crippen molar-refractivity contribution in [3.05, 3.63) is 29.8 Å². The highest BCUT2D eigenvalue weighted by atomic mass is 16.2. The number of anilines is 1. The fourth-order valence-electron chi connectivity index (χ4n) is 2.58. The lowest BCUT2D eigenvalue weighted by atomic mass is 9.99. The number of aryl methyl sites for hydroxylation is 1. The zero-order valence-electron chi connectivity index (χ0n) is 15.4. The van der Waals surface area contributed by atoms with Crippen LogP contribution in [0.3, 0.4) is 0 Å². The van der Waals surface area contributed by atoms with E-state index in [4.69, 9.17) is 0 Å². The fourth-order valence-corrected chi connectivity index (χ4v) is 2.58. The number of amides is 2. The topological polar surface area (TPSA) is 58.2 Å². The molecule has 1 rings (SSSR count). The second kappa shape index (κ2) is 11.7. The van der Waals surface area contributed by atoms with Crippen molar-refractivity contribution < 1.29 is 9.59 Å². The molecule has 0 saturated heterocycles. The Hall–Kier alpha value is -1.84. The minimum Gasteiger partial charge on any atom is -0.348 e. The van der Waals surface area contributed by atoms with E-state index in [0.717, 1.165) is 44.9 Å². The highest BCUT2D eigenvalue weighted by Gasteiger charge is 2.15. The lowest BCUT2D eigenvalue weighted by Crippen LogP contribution is -2.38. The summed E-state index contributed by atoms with van der Waals surface area (Å²) >= 11 is 0. The summed E-state index contributed by atoms with van der Waals surface area (Å²) in [5.41, 5.74) is 1.91. The molecule has 0 unspecified atom stereocenters. The van der Waals surface area contributed by atoms with Gasteiger partial charge < -0.3 is 10.6 Å². The molecule has 4 heteroatoms. The molecule has 1 aromatic carbocycles. The van der Waals surface area contributed by atoms with Gasteiger partial charge in [0.05, 0.1) is 0 Å². The third-order valence-electron chi connectivity index (χ3n) is 4.33. The Morgan fingerprint density at radius 3 is 2.21 bits per heavy atom. The van der Waals surface area contributed by atoms with Crippen molar-refractivity contribution in [3.63, 3.8) is 0 Å². The maximum Gasteiger partial charge on any atom is 0.313 e. The van der Waals surface area contributed by atoms with Crippen molar-refractivity contribution >= 4 is 17.5 Å². The van der Waals surface area contributed by atoms with E-state index >= 15 is 0 Å². The van der Waals surface area contributed by atoms with E-state index in [1.54, 1.807) is 0 Å². The first-order valence-corrected chi connectivity index (χ1v) is 9.28. The zero-order chi connectivity index (χ0) is 17.8. The Morgan fingerprint density at radius 2 is 1.62 bits per heavy atom. The Balaban J connectivity index is 2.41. The molecule has 134 valence electrons. The van der Waals surface area contributed by atoms with Crippen molar-refractivity contribution in [2.75, 3.05) is 11.9 Å². The van der Waals surface area contributed by atoms with E-state index in [-0.39, 0.29) is 0 Å². The number of carbonyl (C=O) groups excluding carboxylic acids is 2. The predicted molar refractivity (Wildman–Crippen MR) is 100.0 cm³/mol.